The van der Waals surface area contributed by atoms with Crippen molar-refractivity contribution in [3.8, 4) is 5.75 Å². The second-order valence-electron chi connectivity index (χ2n) is 8.71. The number of hydrogen-bond donors (Lipinski definition) is 0. The number of carbonyl (C=O) groups is 4. The zero-order valence-corrected chi connectivity index (χ0v) is 21.6. The number of nitrogens with zero attached hydrogens (tertiary/aromatic N) is 1. The van der Waals surface area contributed by atoms with Crippen molar-refractivity contribution in [2.45, 2.75) is 20.3 Å². The third-order valence-electron chi connectivity index (χ3n) is 6.05. The van der Waals surface area contributed by atoms with Crippen molar-refractivity contribution >= 4 is 52.5 Å². The highest BCUT2D eigenvalue weighted by atomic mass is 35.5. The van der Waals surface area contributed by atoms with Crippen LogP contribution in [0.15, 0.2) is 60.7 Å². The Morgan fingerprint density at radius 2 is 1.65 bits per heavy atom. The Morgan fingerprint density at radius 1 is 0.973 bits per heavy atom. The molecule has 0 N–H and O–H groups in total. The molecule has 9 heteroatoms. The number of esters is 2. The maximum atomic E-state index is 12.6. The number of aryl methyl sites for hydroxylation is 2. The van der Waals surface area contributed by atoms with E-state index < -0.39 is 30.2 Å². The number of rotatable bonds is 7. The molecule has 0 aromatic heterocycles. The van der Waals surface area contributed by atoms with Crippen molar-refractivity contribution in [1.29, 1.82) is 0 Å². The Kier molecular flexibility index (Phi) is 7.95. The summed E-state index contributed by atoms with van der Waals surface area (Å²) in [6.45, 7) is 3.57. The first kappa shape index (κ1) is 26.4. The quantitative estimate of drug-likeness (QED) is 0.220. The van der Waals surface area contributed by atoms with Gasteiger partial charge in [-0.3, -0.25) is 14.4 Å². The van der Waals surface area contributed by atoms with E-state index in [1.807, 2.05) is 32.0 Å². The van der Waals surface area contributed by atoms with Gasteiger partial charge in [0.2, 0.25) is 5.91 Å². The molecule has 7 nitrogen and oxygen atoms in total. The molecule has 1 saturated heterocycles. The first-order valence-corrected chi connectivity index (χ1v) is 12.2. The van der Waals surface area contributed by atoms with Gasteiger partial charge in [0, 0.05) is 29.2 Å². The van der Waals surface area contributed by atoms with Gasteiger partial charge >= 0.3 is 11.9 Å². The van der Waals surface area contributed by atoms with E-state index in [-0.39, 0.29) is 40.8 Å². The first-order chi connectivity index (χ1) is 17.6. The zero-order valence-electron chi connectivity index (χ0n) is 20.1. The summed E-state index contributed by atoms with van der Waals surface area (Å²) in [5.41, 5.74) is 3.13. The SMILES string of the molecule is Cc1cccc(C)c1N1C[C@@H](C(=O)OCC(=O)c2ccc(OC(=O)c3ccc(Cl)cc3Cl)cc2)CC1=O. The molecule has 0 spiro atoms. The van der Waals surface area contributed by atoms with Crippen molar-refractivity contribution in [1.82, 2.24) is 0 Å². The van der Waals surface area contributed by atoms with Crippen LogP contribution in [0.1, 0.15) is 38.3 Å². The summed E-state index contributed by atoms with van der Waals surface area (Å²) in [5.74, 6) is -2.29. The average Bonchev–Trinajstić information content (AvgIpc) is 3.23. The molecule has 1 fully saturated rings. The molecular formula is C28H23Cl2NO6. The number of ketones is 1. The van der Waals surface area contributed by atoms with Gasteiger partial charge < -0.3 is 14.4 Å². The zero-order chi connectivity index (χ0) is 26.7. The standard InChI is InChI=1S/C28H23Cl2NO6/c1-16-4-3-5-17(2)26(16)31-14-19(12-25(31)33)27(34)36-15-24(32)18-6-9-21(10-7-18)37-28(35)22-11-8-20(29)13-23(22)30/h3-11,13,19H,12,14-15H2,1-2H3/t19-/m0/s1. The number of amides is 1. The predicted octanol–water partition coefficient (Wildman–Crippen LogP) is 5.61. The fourth-order valence-corrected chi connectivity index (χ4v) is 4.66. The average molecular weight is 540 g/mol. The Bertz CT molecular complexity index is 1370. The minimum absolute atomic E-state index is 0.0263. The molecule has 190 valence electrons. The first-order valence-electron chi connectivity index (χ1n) is 11.5. The van der Waals surface area contributed by atoms with Gasteiger partial charge in [-0.1, -0.05) is 41.4 Å². The summed E-state index contributed by atoms with van der Waals surface area (Å²) in [7, 11) is 0. The Hall–Kier alpha value is -3.68. The van der Waals surface area contributed by atoms with Crippen molar-refractivity contribution < 1.29 is 28.7 Å². The number of benzene rings is 3. The molecule has 0 aliphatic carbocycles. The van der Waals surface area contributed by atoms with Crippen LogP contribution in [0.25, 0.3) is 0 Å². The van der Waals surface area contributed by atoms with E-state index in [2.05, 4.69) is 0 Å². The molecule has 3 aromatic rings. The van der Waals surface area contributed by atoms with Crippen LogP contribution in [-0.4, -0.2) is 36.8 Å². The number of carbonyl (C=O) groups excluding carboxylic acids is 4. The fourth-order valence-electron chi connectivity index (χ4n) is 4.18. The minimum Gasteiger partial charge on any atom is -0.457 e. The van der Waals surface area contributed by atoms with Gasteiger partial charge in [-0.15, -0.1) is 0 Å². The van der Waals surface area contributed by atoms with Gasteiger partial charge in [0.05, 0.1) is 16.5 Å². The Balaban J connectivity index is 1.32. The van der Waals surface area contributed by atoms with E-state index in [0.29, 0.717) is 5.02 Å². The molecule has 0 bridgehead atoms. The van der Waals surface area contributed by atoms with Gasteiger partial charge in [-0.05, 0) is 67.4 Å². The molecule has 1 aliphatic heterocycles. The molecule has 1 atom stereocenters. The molecule has 4 rings (SSSR count). The number of ether oxygens (including phenoxy) is 2. The van der Waals surface area contributed by atoms with E-state index >= 15 is 0 Å². The summed E-state index contributed by atoms with van der Waals surface area (Å²) in [5, 5.41) is 0.551. The Labute approximate surface area is 223 Å². The van der Waals surface area contributed by atoms with Crippen molar-refractivity contribution in [2.75, 3.05) is 18.1 Å². The van der Waals surface area contributed by atoms with Crippen LogP contribution in [-0.2, 0) is 14.3 Å². The molecule has 1 aliphatic rings. The second-order valence-corrected chi connectivity index (χ2v) is 9.56. The Morgan fingerprint density at radius 3 is 2.30 bits per heavy atom. The number of para-hydroxylation sites is 1. The highest BCUT2D eigenvalue weighted by molar-refractivity contribution is 6.36. The topological polar surface area (TPSA) is 90.0 Å². The lowest BCUT2D eigenvalue weighted by molar-refractivity contribution is -0.147. The van der Waals surface area contributed by atoms with Crippen LogP contribution in [0.3, 0.4) is 0 Å². The van der Waals surface area contributed by atoms with Gasteiger partial charge in [0.15, 0.2) is 12.4 Å². The van der Waals surface area contributed by atoms with Gasteiger partial charge in [0.1, 0.15) is 5.75 Å². The van der Waals surface area contributed by atoms with Crippen LogP contribution in [0, 0.1) is 19.8 Å². The highest BCUT2D eigenvalue weighted by Crippen LogP contribution is 2.31. The molecule has 0 radical (unpaired) electrons. The summed E-state index contributed by atoms with van der Waals surface area (Å²) in [6.07, 6.45) is 0.0263. The van der Waals surface area contributed by atoms with E-state index in [9.17, 15) is 19.2 Å². The monoisotopic (exact) mass is 539 g/mol. The second kappa shape index (κ2) is 11.2. The van der Waals surface area contributed by atoms with E-state index in [0.717, 1.165) is 16.8 Å². The molecule has 0 saturated carbocycles. The van der Waals surface area contributed by atoms with Crippen LogP contribution < -0.4 is 9.64 Å². The lowest BCUT2D eigenvalue weighted by Gasteiger charge is -2.21. The summed E-state index contributed by atoms with van der Waals surface area (Å²) in [6, 6.07) is 16.0. The summed E-state index contributed by atoms with van der Waals surface area (Å²) < 4.78 is 10.5. The van der Waals surface area contributed by atoms with Gasteiger partial charge in [-0.2, -0.15) is 0 Å². The highest BCUT2D eigenvalue weighted by Gasteiger charge is 2.37. The minimum atomic E-state index is -0.671. The normalized spacial score (nSPS) is 15.0. The maximum Gasteiger partial charge on any atom is 0.345 e. The van der Waals surface area contributed by atoms with Crippen LogP contribution in [0.5, 0.6) is 5.75 Å². The molecule has 1 amide bonds. The van der Waals surface area contributed by atoms with E-state index in [1.165, 1.54) is 42.5 Å². The lowest BCUT2D eigenvalue weighted by Crippen LogP contribution is -2.28. The molecule has 0 unspecified atom stereocenters. The number of anilines is 1. The van der Waals surface area contributed by atoms with Gasteiger partial charge in [0.25, 0.3) is 0 Å². The van der Waals surface area contributed by atoms with Crippen molar-refractivity contribution in [3.05, 3.63) is 93.0 Å². The van der Waals surface area contributed by atoms with Crippen LogP contribution >= 0.6 is 23.2 Å². The smallest absolute Gasteiger partial charge is 0.345 e. The maximum absolute atomic E-state index is 12.6. The summed E-state index contributed by atoms with van der Waals surface area (Å²) in [4.78, 5) is 51.7. The summed E-state index contributed by atoms with van der Waals surface area (Å²) >= 11 is 11.9. The van der Waals surface area contributed by atoms with Crippen LogP contribution in [0.4, 0.5) is 5.69 Å². The number of halogens is 2. The van der Waals surface area contributed by atoms with Crippen LogP contribution in [0.2, 0.25) is 10.0 Å². The third kappa shape index (κ3) is 6.01. The number of hydrogen-bond acceptors (Lipinski definition) is 6. The van der Waals surface area contributed by atoms with Crippen molar-refractivity contribution in [3.63, 3.8) is 0 Å². The van der Waals surface area contributed by atoms with E-state index in [4.69, 9.17) is 32.7 Å². The fraction of sp³-hybridized carbons (Fsp3) is 0.214. The van der Waals surface area contributed by atoms with Crippen molar-refractivity contribution in [2.24, 2.45) is 5.92 Å². The molecule has 1 heterocycles. The van der Waals surface area contributed by atoms with E-state index in [1.54, 1.807) is 4.90 Å². The lowest BCUT2D eigenvalue weighted by atomic mass is 10.1. The molecular weight excluding hydrogens is 517 g/mol. The third-order valence-corrected chi connectivity index (χ3v) is 6.60. The molecule has 3 aromatic carbocycles. The molecule has 37 heavy (non-hydrogen) atoms. The van der Waals surface area contributed by atoms with Gasteiger partial charge in [-0.25, -0.2) is 4.79 Å². The predicted molar refractivity (Wildman–Crippen MR) is 140 cm³/mol. The largest absolute Gasteiger partial charge is 0.457 e. The number of Topliss-reactive ketones (excluding diaryl/α,β-unsaturated/α-hetero) is 1.